The van der Waals surface area contributed by atoms with Crippen molar-refractivity contribution in [1.29, 1.82) is 5.26 Å². The predicted molar refractivity (Wildman–Crippen MR) is 263 cm³/mol. The highest BCUT2D eigenvalue weighted by Crippen LogP contribution is 2.56. The highest BCUT2D eigenvalue weighted by molar-refractivity contribution is 7.13. The summed E-state index contributed by atoms with van der Waals surface area (Å²) in [5, 5.41) is 29.4. The Balaban J connectivity index is 0.753. The monoisotopic (exact) mass is 996 g/mol. The molecular weight excluding hydrogens is 934 g/mol. The quantitative estimate of drug-likeness (QED) is 0.0990. The molecule has 4 N–H and O–H groups in total. The molecular formula is C53H63F3N8O6S. The lowest BCUT2D eigenvalue weighted by molar-refractivity contribution is -0.164. The number of likely N-dealkylation sites (tertiary alicyclic amines) is 1. The number of nitriles is 1. The van der Waals surface area contributed by atoms with E-state index in [1.807, 2.05) is 78.2 Å². The van der Waals surface area contributed by atoms with Crippen molar-refractivity contribution in [3.05, 3.63) is 112 Å². The molecule has 4 aromatic rings. The van der Waals surface area contributed by atoms with E-state index in [2.05, 4.69) is 36.8 Å². The number of benzene rings is 3. The first kappa shape index (κ1) is 51.4. The maximum Gasteiger partial charge on any atom is 0.417 e. The van der Waals surface area contributed by atoms with Crippen molar-refractivity contribution in [2.75, 3.05) is 52.4 Å². The Bertz CT molecular complexity index is 2660. The van der Waals surface area contributed by atoms with Crippen LogP contribution in [-0.2, 0) is 22.3 Å². The van der Waals surface area contributed by atoms with Gasteiger partial charge in [0.15, 0.2) is 0 Å². The standard InChI is InChI=1S/C53H63F3N8O6S/c1-32-43(71-31-59-32)34-10-8-33(9-11-34)28-58-46(67)42-24-38(65)30-64(42)47(68)44-50(2,3)26-37(60-44)29-63-20-18-62(19-21-63)22-23-69-39-15-12-35(13-16-39)45(66)61-48-51(4,5)49(52(48,6)7)70-40-17-14-36(27-57)41(25-40)53(54,55)56/h8-17,25-26,31,38,42,44,48-49,60,65H,18-24,28-30H2,1-7H3,(H,58,67)(H,61,66)/t38-,42+,44-,48-,49-/m1/s1. The zero-order valence-corrected chi connectivity index (χ0v) is 42.0. The molecule has 3 atom stereocenters. The van der Waals surface area contributed by atoms with E-state index in [0.29, 0.717) is 37.6 Å². The van der Waals surface area contributed by atoms with Gasteiger partial charge in [-0.3, -0.25) is 24.2 Å². The van der Waals surface area contributed by atoms with Gasteiger partial charge < -0.3 is 35.4 Å². The number of carbonyl (C=O) groups excluding carboxylic acids is 3. The zero-order valence-electron chi connectivity index (χ0n) is 41.2. The predicted octanol–water partition coefficient (Wildman–Crippen LogP) is 6.78. The number of halogens is 3. The van der Waals surface area contributed by atoms with Gasteiger partial charge in [0.2, 0.25) is 11.8 Å². The molecule has 8 rings (SSSR count). The van der Waals surface area contributed by atoms with Crippen LogP contribution in [0.25, 0.3) is 10.4 Å². The molecule has 0 unspecified atom stereocenters. The minimum atomic E-state index is -4.71. The highest BCUT2D eigenvalue weighted by Gasteiger charge is 2.64. The molecule has 0 bridgehead atoms. The Kier molecular flexibility index (Phi) is 14.6. The topological polar surface area (TPSA) is 172 Å². The van der Waals surface area contributed by atoms with E-state index >= 15 is 0 Å². The second-order valence-electron chi connectivity index (χ2n) is 21.0. The third-order valence-corrected chi connectivity index (χ3v) is 15.6. The number of hydrogen-bond acceptors (Lipinski definition) is 12. The van der Waals surface area contributed by atoms with E-state index in [0.717, 1.165) is 65.7 Å². The minimum absolute atomic E-state index is 0.00616. The van der Waals surface area contributed by atoms with Crippen molar-refractivity contribution in [2.24, 2.45) is 16.2 Å². The van der Waals surface area contributed by atoms with Gasteiger partial charge in [-0.25, -0.2) is 4.98 Å². The molecule has 1 aliphatic carbocycles. The van der Waals surface area contributed by atoms with Crippen LogP contribution in [0.1, 0.15) is 80.7 Å². The zero-order chi connectivity index (χ0) is 51.0. The molecule has 4 aliphatic rings. The number of rotatable bonds is 15. The first-order valence-electron chi connectivity index (χ1n) is 24.1. The van der Waals surface area contributed by atoms with Gasteiger partial charge in [0.05, 0.1) is 39.4 Å². The van der Waals surface area contributed by atoms with Crippen molar-refractivity contribution >= 4 is 29.1 Å². The van der Waals surface area contributed by atoms with Gasteiger partial charge >= 0.3 is 6.18 Å². The summed E-state index contributed by atoms with van der Waals surface area (Å²) in [5.41, 5.74) is 2.90. The molecule has 14 nitrogen and oxygen atoms in total. The van der Waals surface area contributed by atoms with Gasteiger partial charge in [0.25, 0.3) is 5.91 Å². The van der Waals surface area contributed by atoms with Crippen molar-refractivity contribution < 1.29 is 42.1 Å². The number of ether oxygens (including phenoxy) is 2. The summed E-state index contributed by atoms with van der Waals surface area (Å²) in [4.78, 5) is 52.8. The number of aliphatic hydroxyl groups is 1. The molecule has 3 aliphatic heterocycles. The number of aliphatic hydroxyl groups excluding tert-OH is 1. The Hall–Kier alpha value is -6.00. The van der Waals surface area contributed by atoms with Crippen molar-refractivity contribution in [3.63, 3.8) is 0 Å². The molecule has 0 radical (unpaired) electrons. The fraction of sp³-hybridized carbons (Fsp3) is 0.491. The van der Waals surface area contributed by atoms with Crippen LogP contribution >= 0.6 is 11.3 Å². The van der Waals surface area contributed by atoms with E-state index in [4.69, 9.17) is 9.47 Å². The van der Waals surface area contributed by atoms with E-state index in [9.17, 15) is 37.9 Å². The molecule has 3 fully saturated rings. The summed E-state index contributed by atoms with van der Waals surface area (Å²) >= 11 is 1.59. The van der Waals surface area contributed by atoms with Crippen LogP contribution in [-0.4, -0.2) is 125 Å². The van der Waals surface area contributed by atoms with Crippen molar-refractivity contribution in [1.82, 2.24) is 35.6 Å². The average Bonchev–Trinajstić information content (AvgIpc) is 4.04. The number of thiazole rings is 1. The molecule has 71 heavy (non-hydrogen) atoms. The summed E-state index contributed by atoms with van der Waals surface area (Å²) in [5.74, 6) is -0.141. The van der Waals surface area contributed by atoms with Crippen molar-refractivity contribution in [2.45, 2.75) is 97.9 Å². The number of β-amino-alcohol motifs (C(OH)–C–C–N with tert-alkyl or cyclic N) is 1. The molecule has 3 amide bonds. The van der Waals surface area contributed by atoms with Crippen LogP contribution in [0.5, 0.6) is 11.5 Å². The molecule has 0 spiro atoms. The second kappa shape index (κ2) is 20.2. The van der Waals surface area contributed by atoms with Gasteiger partial charge in [-0.1, -0.05) is 71.9 Å². The van der Waals surface area contributed by atoms with Crippen LogP contribution < -0.4 is 25.4 Å². The van der Waals surface area contributed by atoms with Crippen LogP contribution in [0.4, 0.5) is 13.2 Å². The van der Waals surface area contributed by atoms with Crippen LogP contribution in [0, 0.1) is 34.5 Å². The number of amides is 3. The SMILES string of the molecule is Cc1ncsc1-c1ccc(CNC(=O)[C@@H]2C[C@@H](O)CN2C(=O)[C@H]2NC(CN3CCN(CCOc4ccc(C(=O)N[C@H]5C(C)(C)[C@H](Oc6ccc(C#N)c(C(F)(F)F)c6)C5(C)C)cc4)CC3)=CC2(C)C)cc1. The molecule has 4 heterocycles. The van der Waals surface area contributed by atoms with Crippen LogP contribution in [0.15, 0.2) is 84.0 Å². The van der Waals surface area contributed by atoms with Crippen LogP contribution in [0.3, 0.4) is 0 Å². The van der Waals surface area contributed by atoms with Gasteiger partial charge in [-0.15, -0.1) is 11.3 Å². The lowest BCUT2D eigenvalue weighted by Gasteiger charge is -2.63. The molecule has 1 aromatic heterocycles. The summed E-state index contributed by atoms with van der Waals surface area (Å²) in [6.07, 6.45) is -3.72. The smallest absolute Gasteiger partial charge is 0.417 e. The number of aromatic nitrogens is 1. The van der Waals surface area contributed by atoms with Crippen LogP contribution in [0.2, 0.25) is 0 Å². The largest absolute Gasteiger partial charge is 0.492 e. The summed E-state index contributed by atoms with van der Waals surface area (Å²) in [7, 11) is 0. The first-order valence-corrected chi connectivity index (χ1v) is 24.9. The average molecular weight is 997 g/mol. The number of nitrogens with zero attached hydrogens (tertiary/aromatic N) is 5. The maximum atomic E-state index is 14.2. The molecule has 3 aromatic carbocycles. The molecule has 1 saturated carbocycles. The fourth-order valence-corrected chi connectivity index (χ4v) is 11.8. The van der Waals surface area contributed by atoms with Gasteiger partial charge in [-0.2, -0.15) is 18.4 Å². The third-order valence-electron chi connectivity index (χ3n) is 14.6. The van der Waals surface area contributed by atoms with E-state index < -0.39 is 57.8 Å². The van der Waals surface area contributed by atoms with Gasteiger partial charge in [0, 0.05) is 92.3 Å². The summed E-state index contributed by atoms with van der Waals surface area (Å²) < 4.78 is 53.0. The van der Waals surface area contributed by atoms with E-state index in [1.165, 1.54) is 11.0 Å². The van der Waals surface area contributed by atoms with Crippen molar-refractivity contribution in [3.8, 4) is 28.0 Å². The van der Waals surface area contributed by atoms with Gasteiger partial charge in [0.1, 0.15) is 36.3 Å². The number of carbonyl (C=O) groups is 3. The number of alkyl halides is 3. The summed E-state index contributed by atoms with van der Waals surface area (Å²) in [6, 6.07) is 18.1. The number of piperazine rings is 1. The Morgan fingerprint density at radius 2 is 1.61 bits per heavy atom. The lowest BCUT2D eigenvalue weighted by atomic mass is 9.49. The minimum Gasteiger partial charge on any atom is -0.492 e. The fourth-order valence-electron chi connectivity index (χ4n) is 11.0. The Morgan fingerprint density at radius 3 is 2.24 bits per heavy atom. The number of aryl methyl sites for hydroxylation is 1. The highest BCUT2D eigenvalue weighted by atomic mass is 32.1. The molecule has 18 heteroatoms. The van der Waals surface area contributed by atoms with Gasteiger partial charge in [-0.05, 0) is 60.5 Å². The Labute approximate surface area is 417 Å². The third kappa shape index (κ3) is 11.1. The second-order valence-corrected chi connectivity index (χ2v) is 21.9. The van der Waals surface area contributed by atoms with E-state index in [-0.39, 0.29) is 42.5 Å². The van der Waals surface area contributed by atoms with E-state index in [1.54, 1.807) is 41.7 Å². The molecule has 2 saturated heterocycles. The maximum absolute atomic E-state index is 14.2. The number of nitrogens with one attached hydrogen (secondary N) is 3. The number of hydrogen-bond donors (Lipinski definition) is 4. The Morgan fingerprint density at radius 1 is 0.944 bits per heavy atom. The normalized spacial score (nSPS) is 23.7. The summed E-state index contributed by atoms with van der Waals surface area (Å²) in [6.45, 7) is 19.2. The first-order chi connectivity index (χ1) is 33.5. The lowest BCUT2D eigenvalue weighted by Crippen LogP contribution is -2.74. The molecule has 378 valence electrons.